The van der Waals surface area contributed by atoms with Crippen LogP contribution in [0.4, 0.5) is 24.7 Å². The first-order valence-corrected chi connectivity index (χ1v) is 10.5. The number of nitrogens with one attached hydrogen (secondary N) is 1. The molecule has 2 aromatic heterocycles. The SMILES string of the molecule is Cn1ccc2cc(Nc3ncc(C4CC4)cc3C(=O)O)cc(-c3ccc(C(F)(F)F)cc3)c21. The summed E-state index contributed by atoms with van der Waals surface area (Å²) in [5.41, 5.74) is 3.09. The normalized spacial score (nSPS) is 13.9. The molecule has 0 aliphatic heterocycles. The molecule has 0 bridgehead atoms. The highest BCUT2D eigenvalue weighted by atomic mass is 19.4. The van der Waals surface area contributed by atoms with Crippen LogP contribution in [-0.2, 0) is 13.2 Å². The van der Waals surface area contributed by atoms with Crippen molar-refractivity contribution in [1.82, 2.24) is 9.55 Å². The monoisotopic (exact) mass is 451 g/mol. The van der Waals surface area contributed by atoms with Gasteiger partial charge in [0, 0.05) is 36.1 Å². The fraction of sp³-hybridized carbons (Fsp3) is 0.200. The number of fused-ring (bicyclic) bond motifs is 1. The average Bonchev–Trinajstić information content (AvgIpc) is 3.56. The van der Waals surface area contributed by atoms with Crippen LogP contribution in [0.1, 0.15) is 40.2 Å². The summed E-state index contributed by atoms with van der Waals surface area (Å²) >= 11 is 0. The maximum Gasteiger partial charge on any atom is 0.416 e. The van der Waals surface area contributed by atoms with Crippen LogP contribution < -0.4 is 5.32 Å². The first kappa shape index (κ1) is 21.1. The van der Waals surface area contributed by atoms with E-state index in [2.05, 4.69) is 10.3 Å². The van der Waals surface area contributed by atoms with Crippen LogP contribution in [0, 0.1) is 0 Å². The Balaban J connectivity index is 1.58. The van der Waals surface area contributed by atoms with Gasteiger partial charge in [-0.15, -0.1) is 0 Å². The van der Waals surface area contributed by atoms with Gasteiger partial charge in [-0.25, -0.2) is 9.78 Å². The Morgan fingerprint density at radius 1 is 1.12 bits per heavy atom. The van der Waals surface area contributed by atoms with Crippen molar-refractivity contribution in [3.05, 3.63) is 77.6 Å². The number of hydrogen-bond acceptors (Lipinski definition) is 3. The second-order valence-corrected chi connectivity index (χ2v) is 8.33. The number of aryl methyl sites for hydroxylation is 1. The molecule has 0 radical (unpaired) electrons. The first-order chi connectivity index (χ1) is 15.7. The molecule has 168 valence electrons. The lowest BCUT2D eigenvalue weighted by Gasteiger charge is -2.14. The summed E-state index contributed by atoms with van der Waals surface area (Å²) in [5, 5.41) is 13.7. The van der Waals surface area contributed by atoms with Crippen LogP contribution in [0.5, 0.6) is 0 Å². The molecule has 2 N–H and O–H groups in total. The number of hydrogen-bond donors (Lipinski definition) is 2. The zero-order valence-electron chi connectivity index (χ0n) is 17.6. The number of aromatic carboxylic acids is 1. The molecular formula is C25H20F3N3O2. The molecule has 2 aromatic carbocycles. The van der Waals surface area contributed by atoms with Crippen LogP contribution in [0.25, 0.3) is 22.0 Å². The molecule has 1 fully saturated rings. The largest absolute Gasteiger partial charge is 0.478 e. The van der Waals surface area contributed by atoms with Gasteiger partial charge in [-0.1, -0.05) is 12.1 Å². The minimum atomic E-state index is -4.41. The number of aromatic nitrogens is 2. The molecule has 2 heterocycles. The summed E-state index contributed by atoms with van der Waals surface area (Å²) in [7, 11) is 1.86. The van der Waals surface area contributed by atoms with Gasteiger partial charge in [0.05, 0.1) is 11.1 Å². The predicted molar refractivity (Wildman–Crippen MR) is 120 cm³/mol. The summed E-state index contributed by atoms with van der Waals surface area (Å²) in [6.07, 6.45) is 1.23. The molecule has 1 aliphatic rings. The van der Waals surface area contributed by atoms with E-state index in [0.29, 0.717) is 17.2 Å². The number of carboxylic acid groups (broad SMARTS) is 1. The van der Waals surface area contributed by atoms with Crippen LogP contribution in [0.15, 0.2) is 60.9 Å². The highest BCUT2D eigenvalue weighted by Gasteiger charge is 2.30. The number of alkyl halides is 3. The topological polar surface area (TPSA) is 67.2 Å². The van der Waals surface area contributed by atoms with Gasteiger partial charge in [0.1, 0.15) is 11.4 Å². The molecule has 1 aliphatic carbocycles. The van der Waals surface area contributed by atoms with Crippen LogP contribution in [-0.4, -0.2) is 20.6 Å². The molecule has 4 aromatic rings. The van der Waals surface area contributed by atoms with Crippen LogP contribution in [0.3, 0.4) is 0 Å². The van der Waals surface area contributed by atoms with E-state index in [9.17, 15) is 23.1 Å². The van der Waals surface area contributed by atoms with Crippen LogP contribution >= 0.6 is 0 Å². The van der Waals surface area contributed by atoms with Crippen molar-refractivity contribution in [3.8, 4) is 11.1 Å². The minimum Gasteiger partial charge on any atom is -0.478 e. The smallest absolute Gasteiger partial charge is 0.416 e. The van der Waals surface area contributed by atoms with E-state index in [4.69, 9.17) is 0 Å². The molecule has 0 unspecified atom stereocenters. The molecule has 5 rings (SSSR count). The minimum absolute atomic E-state index is 0.0867. The number of anilines is 2. The Labute approximate surface area is 187 Å². The van der Waals surface area contributed by atoms with Crippen molar-refractivity contribution in [2.45, 2.75) is 24.9 Å². The van der Waals surface area contributed by atoms with Crippen molar-refractivity contribution in [1.29, 1.82) is 0 Å². The second-order valence-electron chi connectivity index (χ2n) is 8.33. The summed E-state index contributed by atoms with van der Waals surface area (Å²) in [6.45, 7) is 0. The van der Waals surface area contributed by atoms with E-state index in [0.717, 1.165) is 47.0 Å². The molecule has 0 amide bonds. The summed E-state index contributed by atoms with van der Waals surface area (Å²) < 4.78 is 40.9. The Bertz CT molecular complexity index is 1370. The molecule has 0 spiro atoms. The lowest BCUT2D eigenvalue weighted by molar-refractivity contribution is -0.137. The lowest BCUT2D eigenvalue weighted by atomic mass is 10.0. The molecule has 0 atom stereocenters. The third-order valence-electron chi connectivity index (χ3n) is 5.94. The van der Waals surface area contributed by atoms with Crippen molar-refractivity contribution < 1.29 is 23.1 Å². The Morgan fingerprint density at radius 2 is 1.85 bits per heavy atom. The van der Waals surface area contributed by atoms with Gasteiger partial charge >= 0.3 is 12.1 Å². The lowest BCUT2D eigenvalue weighted by Crippen LogP contribution is -2.06. The number of nitrogens with zero attached hydrogens (tertiary/aromatic N) is 2. The van der Waals surface area contributed by atoms with Gasteiger partial charge < -0.3 is 15.0 Å². The van der Waals surface area contributed by atoms with Gasteiger partial charge in [-0.2, -0.15) is 13.2 Å². The van der Waals surface area contributed by atoms with Gasteiger partial charge in [-0.3, -0.25) is 0 Å². The molecule has 5 nitrogen and oxygen atoms in total. The number of benzene rings is 2. The zero-order valence-corrected chi connectivity index (χ0v) is 17.6. The number of rotatable bonds is 5. The van der Waals surface area contributed by atoms with E-state index in [1.165, 1.54) is 12.1 Å². The highest BCUT2D eigenvalue weighted by Crippen LogP contribution is 2.41. The predicted octanol–water partition coefficient (Wildman–Crippen LogP) is 6.58. The van der Waals surface area contributed by atoms with E-state index in [-0.39, 0.29) is 11.4 Å². The summed E-state index contributed by atoms with van der Waals surface area (Å²) in [5.74, 6) is -0.478. The van der Waals surface area contributed by atoms with E-state index in [1.807, 2.05) is 29.9 Å². The van der Waals surface area contributed by atoms with Crippen LogP contribution in [0.2, 0.25) is 0 Å². The van der Waals surface area contributed by atoms with Crippen molar-refractivity contribution in [3.63, 3.8) is 0 Å². The Morgan fingerprint density at radius 3 is 2.48 bits per heavy atom. The fourth-order valence-corrected chi connectivity index (χ4v) is 4.10. The third-order valence-corrected chi connectivity index (χ3v) is 5.94. The molecule has 33 heavy (non-hydrogen) atoms. The number of pyridine rings is 1. The standard InChI is InChI=1S/C25H20F3N3O2/c1-31-9-8-16-10-19(30-23-21(24(32)33)11-17(13-29-23)14-2-3-14)12-20(22(16)31)15-4-6-18(7-5-15)25(26,27)28/h4-14H,2-3H2,1H3,(H,29,30)(H,32,33). The Hall–Kier alpha value is -3.81. The second kappa shape index (κ2) is 7.65. The molecular weight excluding hydrogens is 431 g/mol. The van der Waals surface area contributed by atoms with E-state index >= 15 is 0 Å². The van der Waals surface area contributed by atoms with Gasteiger partial charge in [0.25, 0.3) is 0 Å². The fourth-order valence-electron chi connectivity index (χ4n) is 4.10. The molecule has 1 saturated carbocycles. The zero-order chi connectivity index (χ0) is 23.3. The molecule has 8 heteroatoms. The van der Waals surface area contributed by atoms with Crippen molar-refractivity contribution in [2.24, 2.45) is 7.05 Å². The maximum atomic E-state index is 13.0. The van der Waals surface area contributed by atoms with E-state index in [1.54, 1.807) is 18.3 Å². The first-order valence-electron chi connectivity index (χ1n) is 10.5. The van der Waals surface area contributed by atoms with Gasteiger partial charge in [-0.05, 0) is 66.3 Å². The van der Waals surface area contributed by atoms with E-state index < -0.39 is 17.7 Å². The van der Waals surface area contributed by atoms with Crippen molar-refractivity contribution in [2.75, 3.05) is 5.32 Å². The third kappa shape index (κ3) is 4.04. The Kier molecular flexibility index (Phi) is 4.88. The molecule has 0 saturated heterocycles. The highest BCUT2D eigenvalue weighted by molar-refractivity contribution is 5.99. The van der Waals surface area contributed by atoms with Gasteiger partial charge in [0.2, 0.25) is 0 Å². The van der Waals surface area contributed by atoms with Crippen molar-refractivity contribution >= 4 is 28.4 Å². The number of carbonyl (C=O) groups is 1. The number of carboxylic acids is 1. The summed E-state index contributed by atoms with van der Waals surface area (Å²) in [6, 6.07) is 12.2. The number of halogens is 3. The maximum absolute atomic E-state index is 13.0. The van der Waals surface area contributed by atoms with Gasteiger partial charge in [0.15, 0.2) is 0 Å². The quantitative estimate of drug-likeness (QED) is 0.360. The average molecular weight is 451 g/mol. The summed E-state index contributed by atoms with van der Waals surface area (Å²) in [4.78, 5) is 16.2.